The van der Waals surface area contributed by atoms with Crippen LogP contribution in [0.1, 0.15) is 57.9 Å². The molecule has 0 saturated carbocycles. The zero-order valence-corrected chi connectivity index (χ0v) is 12.6. The maximum Gasteiger partial charge on any atom is 0.226 e. The highest BCUT2D eigenvalue weighted by Gasteiger charge is 2.13. The predicted molar refractivity (Wildman–Crippen MR) is 82.6 cm³/mol. The second-order valence-corrected chi connectivity index (χ2v) is 5.15. The molecule has 0 bridgehead atoms. The van der Waals surface area contributed by atoms with E-state index < -0.39 is 0 Å². The van der Waals surface area contributed by atoms with Crippen LogP contribution in [-0.4, -0.2) is 12.5 Å². The molecule has 0 heterocycles. The van der Waals surface area contributed by atoms with E-state index in [0.717, 1.165) is 18.7 Å². The number of aryl methyl sites for hydroxylation is 1. The molecule has 0 unspecified atom stereocenters. The molecule has 1 aromatic carbocycles. The van der Waals surface area contributed by atoms with Crippen LogP contribution in [0.2, 0.25) is 0 Å². The summed E-state index contributed by atoms with van der Waals surface area (Å²) < 4.78 is 0. The van der Waals surface area contributed by atoms with Gasteiger partial charge in [-0.2, -0.15) is 0 Å². The summed E-state index contributed by atoms with van der Waals surface area (Å²) in [6.07, 6.45) is 6.72. The van der Waals surface area contributed by atoms with Crippen molar-refractivity contribution in [1.29, 1.82) is 0 Å². The van der Waals surface area contributed by atoms with Gasteiger partial charge in [0.05, 0.1) is 0 Å². The largest absolute Gasteiger partial charge is 0.312 e. The van der Waals surface area contributed by atoms with Crippen LogP contribution in [0.25, 0.3) is 0 Å². The van der Waals surface area contributed by atoms with Gasteiger partial charge in [0.15, 0.2) is 0 Å². The standard InChI is InChI=1S/C17H27NO/c1-4-6-7-8-9-13-18(17(19)5-2)16-12-10-11-15(3)14-16/h10-12,14H,4-9,13H2,1-3H3. The first-order chi connectivity index (χ1) is 9.19. The van der Waals surface area contributed by atoms with E-state index in [-0.39, 0.29) is 5.91 Å². The van der Waals surface area contributed by atoms with E-state index in [2.05, 4.69) is 26.0 Å². The average molecular weight is 261 g/mol. The highest BCUT2D eigenvalue weighted by atomic mass is 16.2. The van der Waals surface area contributed by atoms with Crippen LogP contribution in [0.5, 0.6) is 0 Å². The smallest absolute Gasteiger partial charge is 0.226 e. The summed E-state index contributed by atoms with van der Waals surface area (Å²) in [6.45, 7) is 7.07. The average Bonchev–Trinajstić information content (AvgIpc) is 2.42. The Hall–Kier alpha value is -1.31. The number of benzene rings is 1. The zero-order valence-electron chi connectivity index (χ0n) is 12.6. The first-order valence-electron chi connectivity index (χ1n) is 7.56. The van der Waals surface area contributed by atoms with Crippen LogP contribution in [0, 0.1) is 6.92 Å². The Kier molecular flexibility index (Phi) is 7.24. The number of unbranched alkanes of at least 4 members (excludes halogenated alkanes) is 4. The van der Waals surface area contributed by atoms with Crippen LogP contribution in [-0.2, 0) is 4.79 Å². The predicted octanol–water partition coefficient (Wildman–Crippen LogP) is 4.71. The molecule has 2 nitrogen and oxygen atoms in total. The molecule has 0 aliphatic rings. The maximum atomic E-state index is 12.1. The van der Waals surface area contributed by atoms with Gasteiger partial charge in [-0.25, -0.2) is 0 Å². The van der Waals surface area contributed by atoms with Crippen molar-refractivity contribution in [2.45, 2.75) is 59.3 Å². The Labute approximate surface area is 117 Å². The second-order valence-electron chi connectivity index (χ2n) is 5.15. The molecule has 1 rings (SSSR count). The minimum Gasteiger partial charge on any atom is -0.312 e. The maximum absolute atomic E-state index is 12.1. The van der Waals surface area contributed by atoms with Crippen LogP contribution >= 0.6 is 0 Å². The Balaban J connectivity index is 2.60. The SMILES string of the molecule is CCCCCCCN(C(=O)CC)c1cccc(C)c1. The lowest BCUT2D eigenvalue weighted by molar-refractivity contribution is -0.118. The van der Waals surface area contributed by atoms with E-state index >= 15 is 0 Å². The fourth-order valence-corrected chi connectivity index (χ4v) is 2.26. The molecule has 0 N–H and O–H groups in total. The normalized spacial score (nSPS) is 10.5. The van der Waals surface area contributed by atoms with Crippen molar-refractivity contribution in [3.05, 3.63) is 29.8 Å². The van der Waals surface area contributed by atoms with Gasteiger partial charge in [-0.1, -0.05) is 51.7 Å². The topological polar surface area (TPSA) is 20.3 Å². The molecule has 19 heavy (non-hydrogen) atoms. The van der Waals surface area contributed by atoms with Gasteiger partial charge in [0.1, 0.15) is 0 Å². The van der Waals surface area contributed by atoms with Crippen molar-refractivity contribution in [3.8, 4) is 0 Å². The van der Waals surface area contributed by atoms with Crippen LogP contribution in [0.4, 0.5) is 5.69 Å². The van der Waals surface area contributed by atoms with Crippen molar-refractivity contribution in [2.24, 2.45) is 0 Å². The summed E-state index contributed by atoms with van der Waals surface area (Å²) >= 11 is 0. The molecular weight excluding hydrogens is 234 g/mol. The second kappa shape index (κ2) is 8.73. The van der Waals surface area contributed by atoms with E-state index in [1.807, 2.05) is 24.0 Å². The number of rotatable bonds is 8. The summed E-state index contributed by atoms with van der Waals surface area (Å²) in [5.41, 5.74) is 2.25. The van der Waals surface area contributed by atoms with E-state index in [1.165, 1.54) is 31.2 Å². The van der Waals surface area contributed by atoms with Crippen molar-refractivity contribution >= 4 is 11.6 Å². The highest BCUT2D eigenvalue weighted by Crippen LogP contribution is 2.18. The molecule has 1 amide bonds. The van der Waals surface area contributed by atoms with E-state index in [4.69, 9.17) is 0 Å². The highest BCUT2D eigenvalue weighted by molar-refractivity contribution is 5.93. The van der Waals surface area contributed by atoms with Crippen molar-refractivity contribution in [2.75, 3.05) is 11.4 Å². The first-order valence-corrected chi connectivity index (χ1v) is 7.56. The third kappa shape index (κ3) is 5.46. The number of carbonyl (C=O) groups excluding carboxylic acids is 1. The molecule has 0 saturated heterocycles. The van der Waals surface area contributed by atoms with Gasteiger partial charge in [-0.15, -0.1) is 0 Å². The van der Waals surface area contributed by atoms with Crippen LogP contribution < -0.4 is 4.90 Å². The number of nitrogens with zero attached hydrogens (tertiary/aromatic N) is 1. The Morgan fingerprint density at radius 2 is 1.84 bits per heavy atom. The number of hydrogen-bond acceptors (Lipinski definition) is 1. The molecule has 0 atom stereocenters. The Morgan fingerprint density at radius 1 is 1.11 bits per heavy atom. The lowest BCUT2D eigenvalue weighted by Gasteiger charge is -2.22. The van der Waals surface area contributed by atoms with Gasteiger partial charge in [-0.3, -0.25) is 4.79 Å². The molecule has 106 valence electrons. The molecule has 0 aromatic heterocycles. The van der Waals surface area contributed by atoms with Crippen molar-refractivity contribution in [3.63, 3.8) is 0 Å². The summed E-state index contributed by atoms with van der Waals surface area (Å²) in [6, 6.07) is 8.23. The fraction of sp³-hybridized carbons (Fsp3) is 0.588. The van der Waals surface area contributed by atoms with Gasteiger partial charge in [0.2, 0.25) is 5.91 Å². The first kappa shape index (κ1) is 15.7. The monoisotopic (exact) mass is 261 g/mol. The molecular formula is C17H27NO. The Bertz CT molecular complexity index is 387. The molecule has 0 aliphatic carbocycles. The van der Waals surface area contributed by atoms with Gasteiger partial charge in [0.25, 0.3) is 0 Å². The lowest BCUT2D eigenvalue weighted by atomic mass is 10.1. The zero-order chi connectivity index (χ0) is 14.1. The van der Waals surface area contributed by atoms with E-state index in [9.17, 15) is 4.79 Å². The van der Waals surface area contributed by atoms with Crippen molar-refractivity contribution < 1.29 is 4.79 Å². The minimum absolute atomic E-state index is 0.223. The third-order valence-electron chi connectivity index (χ3n) is 3.40. The lowest BCUT2D eigenvalue weighted by Crippen LogP contribution is -2.31. The van der Waals surface area contributed by atoms with Crippen LogP contribution in [0.3, 0.4) is 0 Å². The van der Waals surface area contributed by atoms with Crippen molar-refractivity contribution in [1.82, 2.24) is 0 Å². The molecule has 0 radical (unpaired) electrons. The number of amides is 1. The Morgan fingerprint density at radius 3 is 2.47 bits per heavy atom. The summed E-state index contributed by atoms with van der Waals surface area (Å²) in [7, 11) is 0. The summed E-state index contributed by atoms with van der Waals surface area (Å²) in [5.74, 6) is 0.223. The molecule has 2 heteroatoms. The van der Waals surface area contributed by atoms with E-state index in [0.29, 0.717) is 6.42 Å². The number of anilines is 1. The van der Waals surface area contributed by atoms with Crippen LogP contribution in [0.15, 0.2) is 24.3 Å². The van der Waals surface area contributed by atoms with E-state index in [1.54, 1.807) is 0 Å². The summed E-state index contributed by atoms with van der Waals surface area (Å²) in [4.78, 5) is 14.0. The molecule has 0 spiro atoms. The quantitative estimate of drug-likeness (QED) is 0.621. The van der Waals surface area contributed by atoms with Gasteiger partial charge in [0, 0.05) is 18.7 Å². The minimum atomic E-state index is 0.223. The molecule has 0 aliphatic heterocycles. The van der Waals surface area contributed by atoms with Gasteiger partial charge >= 0.3 is 0 Å². The number of carbonyl (C=O) groups is 1. The molecule has 0 fully saturated rings. The molecule has 1 aromatic rings. The number of hydrogen-bond donors (Lipinski definition) is 0. The summed E-state index contributed by atoms with van der Waals surface area (Å²) in [5, 5.41) is 0. The van der Waals surface area contributed by atoms with Gasteiger partial charge < -0.3 is 4.90 Å². The fourth-order valence-electron chi connectivity index (χ4n) is 2.26. The van der Waals surface area contributed by atoms with Gasteiger partial charge in [-0.05, 0) is 31.0 Å². The third-order valence-corrected chi connectivity index (χ3v) is 3.40.